The summed E-state index contributed by atoms with van der Waals surface area (Å²) in [7, 11) is 0. The van der Waals surface area contributed by atoms with Gasteiger partial charge in [0.25, 0.3) is 0 Å². The van der Waals surface area contributed by atoms with E-state index in [0.717, 1.165) is 16.1 Å². The second-order valence-corrected chi connectivity index (χ2v) is 8.44. The van der Waals surface area contributed by atoms with E-state index in [4.69, 9.17) is 9.47 Å². The summed E-state index contributed by atoms with van der Waals surface area (Å²) in [6.45, 7) is 0.917. The third-order valence-electron chi connectivity index (χ3n) is 5.35. The molecule has 0 aliphatic carbocycles. The summed E-state index contributed by atoms with van der Waals surface area (Å²) in [5, 5.41) is 8.39. The molecular weight excluding hydrogens is 400 g/mol. The number of thiophene rings is 1. The number of ether oxygens (including phenoxy) is 2. The number of anilines is 1. The van der Waals surface area contributed by atoms with Crippen LogP contribution in [0.2, 0.25) is 0 Å². The Kier molecular flexibility index (Phi) is 5.44. The van der Waals surface area contributed by atoms with Crippen LogP contribution in [0.5, 0.6) is 0 Å². The lowest BCUT2D eigenvalue weighted by Crippen LogP contribution is -2.45. The highest BCUT2D eigenvalue weighted by Gasteiger charge is 2.48. The van der Waals surface area contributed by atoms with Crippen LogP contribution in [0.4, 0.5) is 5.95 Å². The van der Waals surface area contributed by atoms with E-state index < -0.39 is 0 Å². The van der Waals surface area contributed by atoms with Gasteiger partial charge in [-0.15, -0.1) is 11.3 Å². The number of carbonyl (C=O) groups excluding carboxylic acids is 1. The normalized spacial score (nSPS) is 25.1. The predicted octanol–water partition coefficient (Wildman–Crippen LogP) is 2.51. The molecule has 30 heavy (non-hydrogen) atoms. The molecule has 0 saturated carbocycles. The molecule has 2 N–H and O–H groups in total. The number of nitrogens with one attached hydrogen (secondary N) is 2. The van der Waals surface area contributed by atoms with Crippen molar-refractivity contribution in [3.63, 3.8) is 0 Å². The summed E-state index contributed by atoms with van der Waals surface area (Å²) in [5.74, 6) is 0.532. The Morgan fingerprint density at radius 2 is 1.83 bits per heavy atom. The SMILES string of the molecule is O=C(Cc1cccs1)N[C@H]1CO[C@H]2[C@@H]1OC[C@@H]2Nc1nccc(-c2ccccc2)n1. The van der Waals surface area contributed by atoms with Crippen LogP contribution >= 0.6 is 11.3 Å². The molecule has 8 heteroatoms. The Morgan fingerprint density at radius 3 is 2.63 bits per heavy atom. The first-order chi connectivity index (χ1) is 14.8. The molecule has 0 unspecified atom stereocenters. The molecule has 2 fully saturated rings. The van der Waals surface area contributed by atoms with Crippen molar-refractivity contribution < 1.29 is 14.3 Å². The molecule has 1 aromatic carbocycles. The lowest BCUT2D eigenvalue weighted by molar-refractivity contribution is -0.121. The smallest absolute Gasteiger partial charge is 0.225 e. The molecular formula is C22H22N4O3S. The zero-order chi connectivity index (χ0) is 20.3. The van der Waals surface area contributed by atoms with E-state index in [1.54, 1.807) is 17.5 Å². The van der Waals surface area contributed by atoms with E-state index >= 15 is 0 Å². The van der Waals surface area contributed by atoms with Gasteiger partial charge in [-0.3, -0.25) is 4.79 Å². The average Bonchev–Trinajstić information content (AvgIpc) is 3.50. The molecule has 5 rings (SSSR count). The van der Waals surface area contributed by atoms with Gasteiger partial charge in [-0.1, -0.05) is 36.4 Å². The number of hydrogen-bond donors (Lipinski definition) is 2. The lowest BCUT2D eigenvalue weighted by atomic mass is 10.1. The minimum absolute atomic E-state index is 0.00870. The fourth-order valence-electron chi connectivity index (χ4n) is 3.94. The third kappa shape index (κ3) is 4.07. The van der Waals surface area contributed by atoms with Gasteiger partial charge in [0.1, 0.15) is 12.2 Å². The van der Waals surface area contributed by atoms with Crippen LogP contribution in [0.15, 0.2) is 60.1 Å². The van der Waals surface area contributed by atoms with Gasteiger partial charge in [0.2, 0.25) is 11.9 Å². The maximum absolute atomic E-state index is 12.3. The number of benzene rings is 1. The Balaban J connectivity index is 1.21. The van der Waals surface area contributed by atoms with Gasteiger partial charge in [-0.2, -0.15) is 0 Å². The Labute approximate surface area is 178 Å². The molecule has 1 amide bonds. The molecule has 4 heterocycles. The molecule has 154 valence electrons. The van der Waals surface area contributed by atoms with Gasteiger partial charge >= 0.3 is 0 Å². The van der Waals surface area contributed by atoms with Crippen LogP contribution in [0, 0.1) is 0 Å². The quantitative estimate of drug-likeness (QED) is 0.635. The van der Waals surface area contributed by atoms with Crippen molar-refractivity contribution in [2.45, 2.75) is 30.7 Å². The lowest BCUT2D eigenvalue weighted by Gasteiger charge is -2.18. The van der Waals surface area contributed by atoms with Crippen molar-refractivity contribution in [3.05, 3.63) is 65.0 Å². The van der Waals surface area contributed by atoms with E-state index in [1.807, 2.05) is 53.9 Å². The summed E-state index contributed by atoms with van der Waals surface area (Å²) in [6, 6.07) is 15.6. The third-order valence-corrected chi connectivity index (χ3v) is 6.23. The minimum Gasteiger partial charge on any atom is -0.371 e. The molecule has 7 nitrogen and oxygen atoms in total. The van der Waals surface area contributed by atoms with Crippen molar-refractivity contribution in [2.75, 3.05) is 18.5 Å². The van der Waals surface area contributed by atoms with Crippen molar-refractivity contribution in [3.8, 4) is 11.3 Å². The van der Waals surface area contributed by atoms with Crippen LogP contribution in [0.1, 0.15) is 4.88 Å². The van der Waals surface area contributed by atoms with Crippen LogP contribution in [0.3, 0.4) is 0 Å². The van der Waals surface area contributed by atoms with E-state index in [0.29, 0.717) is 25.6 Å². The fraction of sp³-hybridized carbons (Fsp3) is 0.318. The van der Waals surface area contributed by atoms with Crippen molar-refractivity contribution in [2.24, 2.45) is 0 Å². The number of hydrogen-bond acceptors (Lipinski definition) is 7. The monoisotopic (exact) mass is 422 g/mol. The highest BCUT2D eigenvalue weighted by molar-refractivity contribution is 7.10. The number of carbonyl (C=O) groups is 1. The summed E-state index contributed by atoms with van der Waals surface area (Å²) < 4.78 is 11.9. The van der Waals surface area contributed by atoms with Gasteiger partial charge in [0.05, 0.1) is 37.4 Å². The van der Waals surface area contributed by atoms with E-state index in [2.05, 4.69) is 20.6 Å². The van der Waals surface area contributed by atoms with Gasteiger partial charge < -0.3 is 20.1 Å². The highest BCUT2D eigenvalue weighted by atomic mass is 32.1. The number of nitrogens with zero attached hydrogens (tertiary/aromatic N) is 2. The van der Waals surface area contributed by atoms with Crippen molar-refractivity contribution >= 4 is 23.2 Å². The largest absolute Gasteiger partial charge is 0.371 e. The van der Waals surface area contributed by atoms with Gasteiger partial charge in [0.15, 0.2) is 0 Å². The molecule has 3 aromatic rings. The summed E-state index contributed by atoms with van der Waals surface area (Å²) >= 11 is 1.58. The average molecular weight is 423 g/mol. The van der Waals surface area contributed by atoms with E-state index in [9.17, 15) is 4.79 Å². The number of fused-ring (bicyclic) bond motifs is 1. The standard InChI is InChI=1S/C22H22N4O3S/c27-19(11-15-7-4-10-30-15)24-17-12-28-21-18(13-29-20(17)21)26-22-23-9-8-16(25-22)14-5-2-1-3-6-14/h1-10,17-18,20-21H,11-13H2,(H,24,27)(H,23,25,26)/t17-,18-,20+,21+/m0/s1. The Bertz CT molecular complexity index is 999. The highest BCUT2D eigenvalue weighted by Crippen LogP contribution is 2.29. The second-order valence-electron chi connectivity index (χ2n) is 7.41. The molecule has 0 bridgehead atoms. The van der Waals surface area contributed by atoms with E-state index in [-0.39, 0.29) is 30.2 Å². The molecule has 2 aliphatic rings. The first kappa shape index (κ1) is 19.2. The Morgan fingerprint density at radius 1 is 1.03 bits per heavy atom. The number of aromatic nitrogens is 2. The van der Waals surface area contributed by atoms with E-state index in [1.165, 1.54) is 0 Å². The summed E-state index contributed by atoms with van der Waals surface area (Å²) in [5.41, 5.74) is 1.89. The molecule has 2 saturated heterocycles. The molecule has 0 radical (unpaired) electrons. The summed E-state index contributed by atoms with van der Waals surface area (Å²) in [4.78, 5) is 22.4. The molecule has 0 spiro atoms. The molecule has 2 aromatic heterocycles. The van der Waals surface area contributed by atoms with Crippen LogP contribution < -0.4 is 10.6 Å². The van der Waals surface area contributed by atoms with Crippen LogP contribution in [0.25, 0.3) is 11.3 Å². The maximum atomic E-state index is 12.3. The minimum atomic E-state index is -0.174. The number of amides is 1. The summed E-state index contributed by atoms with van der Waals surface area (Å²) in [6.07, 6.45) is 1.80. The zero-order valence-corrected chi connectivity index (χ0v) is 17.0. The van der Waals surface area contributed by atoms with Crippen molar-refractivity contribution in [1.82, 2.24) is 15.3 Å². The molecule has 4 atom stereocenters. The van der Waals surface area contributed by atoms with Gasteiger partial charge in [-0.25, -0.2) is 9.97 Å². The first-order valence-corrected chi connectivity index (χ1v) is 10.8. The fourth-order valence-corrected chi connectivity index (χ4v) is 4.64. The predicted molar refractivity (Wildman–Crippen MR) is 114 cm³/mol. The van der Waals surface area contributed by atoms with Gasteiger partial charge in [-0.05, 0) is 17.5 Å². The zero-order valence-electron chi connectivity index (χ0n) is 16.2. The van der Waals surface area contributed by atoms with Crippen LogP contribution in [-0.4, -0.2) is 53.4 Å². The Hall–Kier alpha value is -2.81. The molecule has 2 aliphatic heterocycles. The van der Waals surface area contributed by atoms with Crippen molar-refractivity contribution in [1.29, 1.82) is 0 Å². The van der Waals surface area contributed by atoms with Crippen LogP contribution in [-0.2, 0) is 20.7 Å². The first-order valence-electron chi connectivity index (χ1n) is 9.96. The topological polar surface area (TPSA) is 85.4 Å². The second kappa shape index (κ2) is 8.51. The number of rotatable bonds is 6. The maximum Gasteiger partial charge on any atom is 0.225 e. The van der Waals surface area contributed by atoms with Gasteiger partial charge in [0, 0.05) is 16.6 Å².